The molecular weight excluding hydrogens is 479 g/mol. The highest BCUT2D eigenvalue weighted by molar-refractivity contribution is 6.55. The maximum atomic E-state index is 13.9. The molecule has 0 amide bonds. The van der Waals surface area contributed by atoms with Crippen LogP contribution in [0, 0.1) is 34.5 Å². The highest BCUT2D eigenvalue weighted by Gasteiger charge is 2.79. The minimum atomic E-state index is -0.869. The van der Waals surface area contributed by atoms with E-state index in [1.807, 2.05) is 0 Å². The molecule has 0 bridgehead atoms. The monoisotopic (exact) mass is 526 g/mol. The summed E-state index contributed by atoms with van der Waals surface area (Å²) >= 11 is 14.5. The summed E-state index contributed by atoms with van der Waals surface area (Å²) in [4.78, 5) is 13.9. The van der Waals surface area contributed by atoms with Crippen molar-refractivity contribution in [3.8, 4) is 0 Å². The van der Waals surface area contributed by atoms with Gasteiger partial charge in [-0.15, -0.1) is 0 Å². The lowest BCUT2D eigenvalue weighted by atomic mass is 9.41. The predicted octanol–water partition coefficient (Wildman–Crippen LogP) is 8.29. The molecule has 0 radical (unpaired) electrons. The summed E-state index contributed by atoms with van der Waals surface area (Å²) in [6, 6.07) is 0. The van der Waals surface area contributed by atoms with E-state index in [-0.39, 0.29) is 0 Å². The Balaban J connectivity index is 1.14. The molecule has 0 N–H and O–H groups in total. The minimum Gasteiger partial charge on any atom is -0.379 e. The van der Waals surface area contributed by atoms with Gasteiger partial charge >= 0.3 is 0 Å². The Bertz CT molecular complexity index is 662. The normalized spacial score (nSPS) is 46.0. The van der Waals surface area contributed by atoms with Crippen molar-refractivity contribution >= 4 is 29.0 Å². The summed E-state index contributed by atoms with van der Waals surface area (Å²) in [5.74, 6) is 3.49. The summed E-state index contributed by atoms with van der Waals surface area (Å²) in [6.07, 6.45) is 19.0. The SMILES string of the molecule is CCOC1CCC(C2CC[C@]3(CC2)C(=O)[C@@]2(CC[C@@H](C4CCC(OCC)CC4)CC2)C3(Cl)Cl)CC1. The van der Waals surface area contributed by atoms with Gasteiger partial charge in [-0.2, -0.15) is 0 Å². The third kappa shape index (κ3) is 4.55. The smallest absolute Gasteiger partial charge is 0.151 e. The minimum absolute atomic E-state index is 0.437. The Morgan fingerprint density at radius 2 is 0.914 bits per heavy atom. The molecular formula is C30H48Cl2O3. The molecule has 5 heteroatoms. The lowest BCUT2D eigenvalue weighted by molar-refractivity contribution is -0.173. The predicted molar refractivity (Wildman–Crippen MR) is 143 cm³/mol. The lowest BCUT2D eigenvalue weighted by Gasteiger charge is -2.67. The molecule has 200 valence electrons. The van der Waals surface area contributed by atoms with Crippen molar-refractivity contribution in [2.75, 3.05) is 13.2 Å². The van der Waals surface area contributed by atoms with Crippen LogP contribution in [0.3, 0.4) is 0 Å². The lowest BCUT2D eigenvalue weighted by Crippen LogP contribution is -2.74. The van der Waals surface area contributed by atoms with Gasteiger partial charge in [0.1, 0.15) is 4.33 Å². The van der Waals surface area contributed by atoms with E-state index in [2.05, 4.69) is 13.8 Å². The Morgan fingerprint density at radius 1 is 0.600 bits per heavy atom. The standard InChI is InChI=1S/C30H48Cl2O3/c1-3-34-25-9-5-21(6-10-25)23-13-17-28(18-14-23)27(33)29(30(28,31)32)19-15-24(16-20-29)22-7-11-26(12-8-22)35-4-2/h21-26H,3-20H2,1-2H3/t21?,22?,23-,24?,25?,26?,28+,29-. The Kier molecular flexibility index (Phi) is 8.21. The molecule has 0 aliphatic heterocycles. The van der Waals surface area contributed by atoms with E-state index in [0.29, 0.717) is 18.0 Å². The molecule has 3 nitrogen and oxygen atoms in total. The molecule has 0 aromatic rings. The van der Waals surface area contributed by atoms with Crippen molar-refractivity contribution in [1.29, 1.82) is 0 Å². The number of hydrogen-bond acceptors (Lipinski definition) is 3. The van der Waals surface area contributed by atoms with E-state index in [0.717, 1.165) is 88.3 Å². The quantitative estimate of drug-likeness (QED) is 0.326. The van der Waals surface area contributed by atoms with Crippen LogP contribution in [0.5, 0.6) is 0 Å². The van der Waals surface area contributed by atoms with Crippen molar-refractivity contribution in [1.82, 2.24) is 0 Å². The van der Waals surface area contributed by atoms with Crippen molar-refractivity contribution in [2.45, 2.75) is 133 Å². The summed E-state index contributed by atoms with van der Waals surface area (Å²) in [5, 5.41) is 0. The van der Waals surface area contributed by atoms with E-state index < -0.39 is 15.2 Å². The molecule has 5 aliphatic rings. The number of hydrogen-bond donors (Lipinski definition) is 0. The third-order valence-corrected chi connectivity index (χ3v) is 12.9. The highest BCUT2D eigenvalue weighted by Crippen LogP contribution is 2.75. The van der Waals surface area contributed by atoms with Gasteiger partial charge in [-0.25, -0.2) is 0 Å². The number of alkyl halides is 2. The first-order chi connectivity index (χ1) is 16.9. The zero-order valence-corrected chi connectivity index (χ0v) is 23.7. The van der Waals surface area contributed by atoms with Crippen LogP contribution in [0.15, 0.2) is 0 Å². The zero-order chi connectivity index (χ0) is 24.7. The third-order valence-electron chi connectivity index (χ3n) is 11.4. The molecule has 5 fully saturated rings. The van der Waals surface area contributed by atoms with Gasteiger partial charge < -0.3 is 9.47 Å². The fourth-order valence-electron chi connectivity index (χ4n) is 9.35. The fourth-order valence-corrected chi connectivity index (χ4v) is 10.5. The number of carbonyl (C=O) groups is 1. The van der Waals surface area contributed by atoms with Crippen LogP contribution in [0.4, 0.5) is 0 Å². The molecule has 2 spiro atoms. The molecule has 0 aromatic heterocycles. The van der Waals surface area contributed by atoms with E-state index in [1.54, 1.807) is 0 Å². The van der Waals surface area contributed by atoms with Gasteiger partial charge in [0.2, 0.25) is 0 Å². The maximum Gasteiger partial charge on any atom is 0.151 e. The van der Waals surface area contributed by atoms with Crippen LogP contribution >= 0.6 is 23.2 Å². The van der Waals surface area contributed by atoms with Crippen LogP contribution in [-0.2, 0) is 14.3 Å². The molecule has 0 aromatic carbocycles. The summed E-state index contributed by atoms with van der Waals surface area (Å²) in [6.45, 7) is 5.85. The maximum absolute atomic E-state index is 13.9. The van der Waals surface area contributed by atoms with Gasteiger partial charge in [-0.1, -0.05) is 23.2 Å². The van der Waals surface area contributed by atoms with Gasteiger partial charge in [0.05, 0.1) is 23.0 Å². The first-order valence-electron chi connectivity index (χ1n) is 15.0. The highest BCUT2D eigenvalue weighted by atomic mass is 35.5. The van der Waals surface area contributed by atoms with Crippen molar-refractivity contribution in [3.05, 3.63) is 0 Å². The number of ether oxygens (including phenoxy) is 2. The second-order valence-corrected chi connectivity index (χ2v) is 14.1. The first kappa shape index (κ1) is 26.8. The number of ketones is 1. The van der Waals surface area contributed by atoms with Crippen LogP contribution in [-0.4, -0.2) is 35.5 Å². The summed E-state index contributed by atoms with van der Waals surface area (Å²) < 4.78 is 10.8. The molecule has 0 atom stereocenters. The average Bonchev–Trinajstić information content (AvgIpc) is 2.89. The summed E-state index contributed by atoms with van der Waals surface area (Å²) in [5.41, 5.74) is -0.949. The molecule has 5 aliphatic carbocycles. The molecule has 0 unspecified atom stereocenters. The Morgan fingerprint density at radius 3 is 1.20 bits per heavy atom. The van der Waals surface area contributed by atoms with Crippen LogP contribution in [0.1, 0.15) is 117 Å². The van der Waals surface area contributed by atoms with Crippen LogP contribution in [0.2, 0.25) is 0 Å². The number of rotatable bonds is 6. The molecule has 5 saturated carbocycles. The van der Waals surface area contributed by atoms with Crippen molar-refractivity contribution in [3.63, 3.8) is 0 Å². The molecule has 5 rings (SSSR count). The first-order valence-corrected chi connectivity index (χ1v) is 15.8. The van der Waals surface area contributed by atoms with Gasteiger partial charge in [0.15, 0.2) is 5.78 Å². The van der Waals surface area contributed by atoms with E-state index in [4.69, 9.17) is 32.7 Å². The van der Waals surface area contributed by atoms with Crippen molar-refractivity contribution < 1.29 is 14.3 Å². The van der Waals surface area contributed by atoms with Gasteiger partial charge in [-0.3, -0.25) is 4.79 Å². The second-order valence-electron chi connectivity index (χ2n) is 12.7. The zero-order valence-electron chi connectivity index (χ0n) is 22.2. The van der Waals surface area contributed by atoms with Crippen LogP contribution < -0.4 is 0 Å². The van der Waals surface area contributed by atoms with Crippen LogP contribution in [0.25, 0.3) is 0 Å². The number of Topliss-reactive ketones (excluding diaryl/α,β-unsaturated/α-hetero) is 1. The molecule has 0 saturated heterocycles. The fraction of sp³-hybridized carbons (Fsp3) is 0.967. The Labute approximate surface area is 223 Å². The van der Waals surface area contributed by atoms with Crippen molar-refractivity contribution in [2.24, 2.45) is 34.5 Å². The topological polar surface area (TPSA) is 35.5 Å². The number of halogens is 2. The van der Waals surface area contributed by atoms with E-state index >= 15 is 0 Å². The average molecular weight is 528 g/mol. The van der Waals surface area contributed by atoms with E-state index in [9.17, 15) is 4.79 Å². The second kappa shape index (κ2) is 10.7. The van der Waals surface area contributed by atoms with Gasteiger partial charge in [-0.05, 0) is 140 Å². The molecule has 0 heterocycles. The largest absolute Gasteiger partial charge is 0.379 e. The van der Waals surface area contributed by atoms with E-state index in [1.165, 1.54) is 51.4 Å². The van der Waals surface area contributed by atoms with Gasteiger partial charge in [0, 0.05) is 13.2 Å². The molecule has 35 heavy (non-hydrogen) atoms. The van der Waals surface area contributed by atoms with Gasteiger partial charge in [0.25, 0.3) is 0 Å². The summed E-state index contributed by atoms with van der Waals surface area (Å²) in [7, 11) is 0. The number of carbonyl (C=O) groups excluding carboxylic acids is 1. The Hall–Kier alpha value is 0.170.